The van der Waals surface area contributed by atoms with Crippen LogP contribution in [-0.4, -0.2) is 44.4 Å². The van der Waals surface area contributed by atoms with Gasteiger partial charge in [-0.05, 0) is 19.1 Å². The molecule has 2 aromatic heterocycles. The predicted octanol–water partition coefficient (Wildman–Crippen LogP) is 1.28. The van der Waals surface area contributed by atoms with Gasteiger partial charge in [0.25, 0.3) is 5.91 Å². The molecule has 6 nitrogen and oxygen atoms in total. The number of hydrogen-bond acceptors (Lipinski definition) is 3. The first kappa shape index (κ1) is 13.9. The summed E-state index contributed by atoms with van der Waals surface area (Å²) in [6.45, 7) is 4.62. The summed E-state index contributed by atoms with van der Waals surface area (Å²) in [7, 11) is 1.81. The summed E-state index contributed by atoms with van der Waals surface area (Å²) in [5.41, 5.74) is 1.75. The van der Waals surface area contributed by atoms with Gasteiger partial charge in [-0.2, -0.15) is 5.10 Å². The Morgan fingerprint density at radius 1 is 1.48 bits per heavy atom. The molecule has 112 valence electrons. The van der Waals surface area contributed by atoms with E-state index < -0.39 is 0 Å². The lowest BCUT2D eigenvalue weighted by Gasteiger charge is -2.23. The number of hydrogen-bond donors (Lipinski definition) is 0. The van der Waals surface area contributed by atoms with Crippen molar-refractivity contribution in [1.29, 1.82) is 0 Å². The Balaban J connectivity index is 1.85. The summed E-state index contributed by atoms with van der Waals surface area (Å²) in [5, 5.41) is 4.08. The summed E-state index contributed by atoms with van der Waals surface area (Å²) in [6, 6.07) is 4.06. The summed E-state index contributed by atoms with van der Waals surface area (Å²) >= 11 is 0. The number of amides is 1. The van der Waals surface area contributed by atoms with Crippen LogP contribution in [0, 0.1) is 0 Å². The highest BCUT2D eigenvalue weighted by Crippen LogP contribution is 2.17. The molecular formula is C15H20N4O2. The third-order valence-electron chi connectivity index (χ3n) is 3.74. The molecule has 0 radical (unpaired) electrons. The molecule has 0 saturated carbocycles. The first-order valence-corrected chi connectivity index (χ1v) is 7.21. The van der Waals surface area contributed by atoms with Gasteiger partial charge in [-0.15, -0.1) is 0 Å². The topological polar surface area (TPSA) is 52.3 Å². The smallest absolute Gasteiger partial charge is 0.257 e. The maximum absolute atomic E-state index is 12.7. The maximum atomic E-state index is 12.7. The molecule has 1 aliphatic heterocycles. The maximum Gasteiger partial charge on any atom is 0.257 e. The van der Waals surface area contributed by atoms with Crippen LogP contribution in [0.3, 0.4) is 0 Å². The molecule has 0 N–H and O–H groups in total. The van der Waals surface area contributed by atoms with E-state index in [1.165, 1.54) is 0 Å². The zero-order chi connectivity index (χ0) is 14.8. The minimum absolute atomic E-state index is 0.00227. The number of carbonyl (C=O) groups excluding carboxylic acids is 1. The van der Waals surface area contributed by atoms with Crippen molar-refractivity contribution in [2.75, 3.05) is 13.2 Å². The largest absolute Gasteiger partial charge is 0.375 e. The molecule has 0 aliphatic carbocycles. The molecule has 1 atom stereocenters. The van der Waals surface area contributed by atoms with E-state index >= 15 is 0 Å². The summed E-state index contributed by atoms with van der Waals surface area (Å²) < 4.78 is 9.59. The lowest BCUT2D eigenvalue weighted by Crippen LogP contribution is -2.37. The first-order valence-electron chi connectivity index (χ1n) is 7.21. The van der Waals surface area contributed by atoms with Gasteiger partial charge in [-0.3, -0.25) is 9.48 Å². The zero-order valence-electron chi connectivity index (χ0n) is 12.4. The fourth-order valence-electron chi connectivity index (χ4n) is 2.76. The van der Waals surface area contributed by atoms with Crippen molar-refractivity contribution >= 4 is 5.91 Å². The Kier molecular flexibility index (Phi) is 3.79. The molecule has 1 aliphatic rings. The molecule has 1 amide bonds. The summed E-state index contributed by atoms with van der Waals surface area (Å²) in [5.74, 6) is 0.00227. The van der Waals surface area contributed by atoms with Crippen LogP contribution in [-0.2, 0) is 24.9 Å². The lowest BCUT2D eigenvalue weighted by atomic mass is 10.2. The third kappa shape index (κ3) is 2.85. The van der Waals surface area contributed by atoms with Gasteiger partial charge in [-0.25, -0.2) is 0 Å². The van der Waals surface area contributed by atoms with Gasteiger partial charge in [0.05, 0.1) is 31.0 Å². The molecule has 3 rings (SSSR count). The standard InChI is InChI=1S/C15H20N4O2/c1-3-21-14-10-18-6-4-5-13(18)9-19(11-14)15(20)12-7-16-17(2)8-12/h4-8,14H,3,9-11H2,1-2H3/t14-/m0/s1. The second-order valence-electron chi connectivity index (χ2n) is 5.32. The SMILES string of the molecule is CCO[C@@H]1CN(C(=O)c2cnn(C)c2)Cc2cccn2C1. The van der Waals surface area contributed by atoms with E-state index in [1.54, 1.807) is 17.1 Å². The number of carbonyl (C=O) groups is 1. The normalized spacial score (nSPS) is 18.4. The molecular weight excluding hydrogens is 268 g/mol. The minimum atomic E-state index is 0.00227. The zero-order valence-corrected chi connectivity index (χ0v) is 12.4. The molecule has 3 heterocycles. The average molecular weight is 288 g/mol. The van der Waals surface area contributed by atoms with Crippen molar-refractivity contribution < 1.29 is 9.53 Å². The molecule has 0 fully saturated rings. The third-order valence-corrected chi connectivity index (χ3v) is 3.74. The number of aryl methyl sites for hydroxylation is 1. The van der Waals surface area contributed by atoms with E-state index in [2.05, 4.69) is 15.7 Å². The Labute approximate surface area is 123 Å². The first-order chi connectivity index (χ1) is 10.2. The highest BCUT2D eigenvalue weighted by Gasteiger charge is 2.26. The number of fused-ring (bicyclic) bond motifs is 1. The molecule has 0 saturated heterocycles. The number of rotatable bonds is 3. The van der Waals surface area contributed by atoms with Crippen LogP contribution in [0.1, 0.15) is 23.0 Å². The fraction of sp³-hybridized carbons (Fsp3) is 0.467. The Morgan fingerprint density at radius 2 is 2.33 bits per heavy atom. The molecule has 0 aromatic carbocycles. The summed E-state index contributed by atoms with van der Waals surface area (Å²) in [4.78, 5) is 14.5. The highest BCUT2D eigenvalue weighted by atomic mass is 16.5. The van der Waals surface area contributed by atoms with E-state index in [4.69, 9.17) is 4.74 Å². The quantitative estimate of drug-likeness (QED) is 0.855. The van der Waals surface area contributed by atoms with Crippen LogP contribution in [0.15, 0.2) is 30.7 Å². The van der Waals surface area contributed by atoms with E-state index in [0.29, 0.717) is 25.3 Å². The van der Waals surface area contributed by atoms with Gasteiger partial charge >= 0.3 is 0 Å². The average Bonchev–Trinajstić information content (AvgIpc) is 3.04. The van der Waals surface area contributed by atoms with Gasteiger partial charge in [0, 0.05) is 38.3 Å². The molecule has 2 aromatic rings. The van der Waals surface area contributed by atoms with E-state index in [9.17, 15) is 4.79 Å². The second kappa shape index (κ2) is 5.73. The van der Waals surface area contributed by atoms with Crippen LogP contribution in [0.25, 0.3) is 0 Å². The van der Waals surface area contributed by atoms with Crippen LogP contribution in [0.5, 0.6) is 0 Å². The molecule has 0 unspecified atom stereocenters. The number of ether oxygens (including phenoxy) is 1. The van der Waals surface area contributed by atoms with Gasteiger partial charge < -0.3 is 14.2 Å². The monoisotopic (exact) mass is 288 g/mol. The number of aromatic nitrogens is 3. The van der Waals surface area contributed by atoms with Crippen LogP contribution < -0.4 is 0 Å². The number of nitrogens with zero attached hydrogens (tertiary/aromatic N) is 4. The van der Waals surface area contributed by atoms with E-state index in [0.717, 1.165) is 12.2 Å². The molecule has 0 spiro atoms. The second-order valence-corrected chi connectivity index (χ2v) is 5.32. The summed E-state index contributed by atoms with van der Waals surface area (Å²) in [6.07, 6.45) is 5.42. The molecule has 0 bridgehead atoms. The van der Waals surface area contributed by atoms with Crippen LogP contribution in [0.4, 0.5) is 0 Å². The molecule has 21 heavy (non-hydrogen) atoms. The van der Waals surface area contributed by atoms with Gasteiger partial charge in [-0.1, -0.05) is 0 Å². The van der Waals surface area contributed by atoms with E-state index in [-0.39, 0.29) is 12.0 Å². The van der Waals surface area contributed by atoms with Gasteiger partial charge in [0.15, 0.2) is 0 Å². The Morgan fingerprint density at radius 3 is 3.05 bits per heavy atom. The van der Waals surface area contributed by atoms with Gasteiger partial charge in [0.2, 0.25) is 0 Å². The van der Waals surface area contributed by atoms with Crippen molar-refractivity contribution in [2.24, 2.45) is 7.05 Å². The Bertz CT molecular complexity index is 631. The fourth-order valence-corrected chi connectivity index (χ4v) is 2.76. The van der Waals surface area contributed by atoms with Gasteiger partial charge in [0.1, 0.15) is 0 Å². The Hall–Kier alpha value is -2.08. The van der Waals surface area contributed by atoms with Crippen molar-refractivity contribution in [3.63, 3.8) is 0 Å². The van der Waals surface area contributed by atoms with Crippen molar-refractivity contribution in [2.45, 2.75) is 26.1 Å². The van der Waals surface area contributed by atoms with Crippen LogP contribution in [0.2, 0.25) is 0 Å². The van der Waals surface area contributed by atoms with Crippen LogP contribution >= 0.6 is 0 Å². The highest BCUT2D eigenvalue weighted by molar-refractivity contribution is 5.93. The molecule has 6 heteroatoms. The predicted molar refractivity (Wildman–Crippen MR) is 77.8 cm³/mol. The van der Waals surface area contributed by atoms with E-state index in [1.807, 2.05) is 31.1 Å². The minimum Gasteiger partial charge on any atom is -0.375 e. The van der Waals surface area contributed by atoms with Crippen molar-refractivity contribution in [1.82, 2.24) is 19.2 Å². The lowest BCUT2D eigenvalue weighted by molar-refractivity contribution is 0.0258. The van der Waals surface area contributed by atoms with Crippen molar-refractivity contribution in [3.8, 4) is 0 Å². The van der Waals surface area contributed by atoms with Crippen molar-refractivity contribution in [3.05, 3.63) is 42.0 Å².